The molecule has 0 aliphatic heterocycles. The maximum Gasteiger partial charge on any atom is 0.140 e. The Bertz CT molecular complexity index is 375. The second-order valence-electron chi connectivity index (χ2n) is 3.73. The van der Waals surface area contributed by atoms with Gasteiger partial charge in [0.25, 0.3) is 0 Å². The van der Waals surface area contributed by atoms with Crippen molar-refractivity contribution < 1.29 is 8.78 Å². The third-order valence-corrected chi connectivity index (χ3v) is 3.61. The van der Waals surface area contributed by atoms with Crippen LogP contribution in [0, 0.1) is 11.6 Å². The highest BCUT2D eigenvalue weighted by Crippen LogP contribution is 2.50. The topological polar surface area (TPSA) is 26.0 Å². The minimum atomic E-state index is -0.556. The average molecular weight is 262 g/mol. The van der Waals surface area contributed by atoms with Gasteiger partial charge in [0.1, 0.15) is 11.6 Å². The zero-order chi connectivity index (χ0) is 10.3. The van der Waals surface area contributed by atoms with Crippen molar-refractivity contribution in [3.05, 3.63) is 33.8 Å². The molecule has 0 radical (unpaired) electrons. The largest absolute Gasteiger partial charge is 0.330 e. The third kappa shape index (κ3) is 1.46. The van der Waals surface area contributed by atoms with Crippen molar-refractivity contribution in [3.63, 3.8) is 0 Å². The molecule has 0 bridgehead atoms. The molecule has 1 nitrogen and oxygen atoms in total. The van der Waals surface area contributed by atoms with Crippen LogP contribution in [0.1, 0.15) is 18.4 Å². The molecular weight excluding hydrogens is 252 g/mol. The van der Waals surface area contributed by atoms with Crippen LogP contribution in [0.3, 0.4) is 0 Å². The van der Waals surface area contributed by atoms with Gasteiger partial charge >= 0.3 is 0 Å². The molecule has 1 aromatic carbocycles. The van der Waals surface area contributed by atoms with Crippen molar-refractivity contribution in [1.29, 1.82) is 0 Å². The molecular formula is C10H10BrF2N. The molecule has 1 fully saturated rings. The number of hydrogen-bond donors (Lipinski definition) is 1. The smallest absolute Gasteiger partial charge is 0.140 e. The molecule has 1 saturated carbocycles. The number of nitrogens with two attached hydrogens (primary N) is 1. The molecule has 0 amide bonds. The van der Waals surface area contributed by atoms with Crippen molar-refractivity contribution in [2.75, 3.05) is 6.54 Å². The Morgan fingerprint density at radius 1 is 1.36 bits per heavy atom. The molecule has 0 atom stereocenters. The zero-order valence-electron chi connectivity index (χ0n) is 7.49. The summed E-state index contributed by atoms with van der Waals surface area (Å²) in [4.78, 5) is 0. The van der Waals surface area contributed by atoms with E-state index in [2.05, 4.69) is 15.9 Å². The van der Waals surface area contributed by atoms with E-state index in [1.54, 1.807) is 0 Å². The van der Waals surface area contributed by atoms with Crippen molar-refractivity contribution in [1.82, 2.24) is 0 Å². The van der Waals surface area contributed by atoms with Crippen molar-refractivity contribution in [2.45, 2.75) is 18.3 Å². The standard InChI is InChI=1S/C10H10BrF2N/c11-9-7(10(5-14)1-2-10)3-6(12)4-8(9)13/h3-4H,1-2,5,14H2. The number of rotatable bonds is 2. The van der Waals surface area contributed by atoms with Crippen LogP contribution in [0.25, 0.3) is 0 Å². The Morgan fingerprint density at radius 2 is 2.00 bits per heavy atom. The van der Waals surface area contributed by atoms with E-state index >= 15 is 0 Å². The Hall–Kier alpha value is -0.480. The molecule has 2 rings (SSSR count). The highest BCUT2D eigenvalue weighted by atomic mass is 79.9. The maximum absolute atomic E-state index is 13.2. The fourth-order valence-corrected chi connectivity index (χ4v) is 2.33. The summed E-state index contributed by atoms with van der Waals surface area (Å²) in [7, 11) is 0. The first-order chi connectivity index (χ1) is 6.59. The second kappa shape index (κ2) is 3.28. The van der Waals surface area contributed by atoms with Crippen molar-refractivity contribution in [3.8, 4) is 0 Å². The van der Waals surface area contributed by atoms with Crippen LogP contribution in [-0.2, 0) is 5.41 Å². The Balaban J connectivity index is 2.52. The molecule has 1 aromatic rings. The van der Waals surface area contributed by atoms with Crippen LogP contribution in [0.5, 0.6) is 0 Å². The normalized spacial score (nSPS) is 18.3. The Kier molecular flexibility index (Phi) is 2.35. The highest BCUT2D eigenvalue weighted by molar-refractivity contribution is 9.10. The summed E-state index contributed by atoms with van der Waals surface area (Å²) in [5.41, 5.74) is 6.08. The van der Waals surface area contributed by atoms with Crippen LogP contribution >= 0.6 is 15.9 Å². The van der Waals surface area contributed by atoms with E-state index in [9.17, 15) is 8.78 Å². The second-order valence-corrected chi connectivity index (χ2v) is 4.53. The predicted octanol–water partition coefficient (Wildman–Crippen LogP) is 2.72. The van der Waals surface area contributed by atoms with Crippen LogP contribution in [0.2, 0.25) is 0 Å². The molecule has 0 unspecified atom stereocenters. The van der Waals surface area contributed by atoms with E-state index in [0.29, 0.717) is 16.6 Å². The Labute approximate surface area is 89.4 Å². The van der Waals surface area contributed by atoms with Gasteiger partial charge in [0.05, 0.1) is 4.47 Å². The summed E-state index contributed by atoms with van der Waals surface area (Å²) in [6, 6.07) is 2.24. The molecule has 1 aliphatic carbocycles. The monoisotopic (exact) mass is 261 g/mol. The Morgan fingerprint density at radius 3 is 2.50 bits per heavy atom. The van der Waals surface area contributed by atoms with Gasteiger partial charge in [0, 0.05) is 18.0 Å². The fourth-order valence-electron chi connectivity index (χ4n) is 1.68. The van der Waals surface area contributed by atoms with Gasteiger partial charge in [0.2, 0.25) is 0 Å². The van der Waals surface area contributed by atoms with Gasteiger partial charge in [-0.1, -0.05) is 0 Å². The fraction of sp³-hybridized carbons (Fsp3) is 0.400. The molecule has 1 aliphatic rings. The number of hydrogen-bond acceptors (Lipinski definition) is 1. The van der Waals surface area contributed by atoms with Gasteiger partial charge in [-0.05, 0) is 40.4 Å². The zero-order valence-corrected chi connectivity index (χ0v) is 9.07. The summed E-state index contributed by atoms with van der Waals surface area (Å²) in [5.74, 6) is -1.10. The van der Waals surface area contributed by atoms with Gasteiger partial charge in [-0.15, -0.1) is 0 Å². The molecule has 0 spiro atoms. The molecule has 0 saturated heterocycles. The summed E-state index contributed by atoms with van der Waals surface area (Å²) in [6.45, 7) is 0.439. The maximum atomic E-state index is 13.2. The van der Waals surface area contributed by atoms with E-state index in [1.807, 2.05) is 0 Å². The molecule has 14 heavy (non-hydrogen) atoms. The quantitative estimate of drug-likeness (QED) is 0.815. The molecule has 0 aromatic heterocycles. The van der Waals surface area contributed by atoms with Gasteiger partial charge in [-0.2, -0.15) is 0 Å². The van der Waals surface area contributed by atoms with E-state index in [4.69, 9.17) is 5.73 Å². The van der Waals surface area contributed by atoms with Gasteiger partial charge < -0.3 is 5.73 Å². The minimum Gasteiger partial charge on any atom is -0.330 e. The summed E-state index contributed by atoms with van der Waals surface area (Å²) < 4.78 is 26.6. The molecule has 0 heterocycles. The van der Waals surface area contributed by atoms with Crippen LogP contribution in [0.4, 0.5) is 8.78 Å². The van der Waals surface area contributed by atoms with Gasteiger partial charge in [-0.3, -0.25) is 0 Å². The van der Waals surface area contributed by atoms with Crippen LogP contribution in [-0.4, -0.2) is 6.54 Å². The SMILES string of the molecule is NCC1(c2cc(F)cc(F)c2Br)CC1. The van der Waals surface area contributed by atoms with E-state index < -0.39 is 11.6 Å². The first-order valence-corrected chi connectivity index (χ1v) is 5.23. The van der Waals surface area contributed by atoms with Gasteiger partial charge in [-0.25, -0.2) is 8.78 Å². The van der Waals surface area contributed by atoms with Crippen molar-refractivity contribution >= 4 is 15.9 Å². The third-order valence-electron chi connectivity index (χ3n) is 2.81. The number of halogens is 3. The first kappa shape index (κ1) is 10.1. The average Bonchev–Trinajstić information content (AvgIpc) is 2.92. The molecule has 4 heteroatoms. The highest BCUT2D eigenvalue weighted by Gasteiger charge is 2.44. The molecule has 2 N–H and O–H groups in total. The lowest BCUT2D eigenvalue weighted by Gasteiger charge is -2.15. The van der Waals surface area contributed by atoms with E-state index in [-0.39, 0.29) is 5.41 Å². The first-order valence-electron chi connectivity index (χ1n) is 4.44. The summed E-state index contributed by atoms with van der Waals surface area (Å²) in [5, 5.41) is 0. The lowest BCUT2D eigenvalue weighted by Crippen LogP contribution is -2.20. The summed E-state index contributed by atoms with van der Waals surface area (Å²) in [6.07, 6.45) is 1.82. The lowest BCUT2D eigenvalue weighted by atomic mass is 9.96. The van der Waals surface area contributed by atoms with Gasteiger partial charge in [0.15, 0.2) is 0 Å². The van der Waals surface area contributed by atoms with E-state index in [1.165, 1.54) is 6.07 Å². The van der Waals surface area contributed by atoms with Crippen molar-refractivity contribution in [2.24, 2.45) is 5.73 Å². The predicted molar refractivity (Wildman–Crippen MR) is 54.0 cm³/mol. The number of benzene rings is 1. The molecule has 76 valence electrons. The lowest BCUT2D eigenvalue weighted by molar-refractivity contribution is 0.564. The minimum absolute atomic E-state index is 0.193. The van der Waals surface area contributed by atoms with Crippen LogP contribution in [0.15, 0.2) is 16.6 Å². The van der Waals surface area contributed by atoms with E-state index in [0.717, 1.165) is 18.9 Å². The van der Waals surface area contributed by atoms with Crippen LogP contribution < -0.4 is 5.73 Å². The summed E-state index contributed by atoms with van der Waals surface area (Å²) >= 11 is 3.13.